The molecule has 1 saturated carbocycles. The Labute approximate surface area is 111 Å². The van der Waals surface area contributed by atoms with Gasteiger partial charge in [-0.15, -0.1) is 0 Å². The fourth-order valence-electron chi connectivity index (χ4n) is 2.58. The van der Waals surface area contributed by atoms with Gasteiger partial charge in [0, 0.05) is 19.1 Å². The molecule has 1 aliphatic heterocycles. The van der Waals surface area contributed by atoms with Crippen molar-refractivity contribution < 1.29 is 8.42 Å². The van der Waals surface area contributed by atoms with Gasteiger partial charge < -0.3 is 5.32 Å². The molecule has 0 aromatic carbocycles. The van der Waals surface area contributed by atoms with Crippen molar-refractivity contribution >= 4 is 10.0 Å². The summed E-state index contributed by atoms with van der Waals surface area (Å²) < 4.78 is 26.5. The molecule has 5 heteroatoms. The van der Waals surface area contributed by atoms with Crippen molar-refractivity contribution in [2.75, 3.05) is 25.4 Å². The van der Waals surface area contributed by atoms with Crippen molar-refractivity contribution in [2.45, 2.75) is 45.6 Å². The fraction of sp³-hybridized carbons (Fsp3) is 1.00. The largest absolute Gasteiger partial charge is 0.313 e. The Morgan fingerprint density at radius 1 is 1.22 bits per heavy atom. The minimum absolute atomic E-state index is 0.202. The van der Waals surface area contributed by atoms with Crippen LogP contribution in [0.2, 0.25) is 0 Å². The maximum absolute atomic E-state index is 12.4. The molecule has 1 aliphatic carbocycles. The summed E-state index contributed by atoms with van der Waals surface area (Å²) in [5, 5.41) is 3.40. The number of rotatable bonds is 7. The normalized spacial score (nSPS) is 25.2. The van der Waals surface area contributed by atoms with E-state index >= 15 is 0 Å². The van der Waals surface area contributed by atoms with E-state index in [-0.39, 0.29) is 11.7 Å². The van der Waals surface area contributed by atoms with Crippen molar-refractivity contribution in [1.82, 2.24) is 9.62 Å². The van der Waals surface area contributed by atoms with Crippen molar-refractivity contribution in [3.05, 3.63) is 0 Å². The lowest BCUT2D eigenvalue weighted by Gasteiger charge is -2.26. The highest BCUT2D eigenvalue weighted by Gasteiger charge is 2.32. The Kier molecular flexibility index (Phi) is 4.67. The quantitative estimate of drug-likeness (QED) is 0.764. The molecule has 0 spiro atoms. The topological polar surface area (TPSA) is 49.4 Å². The number of nitrogens with one attached hydrogen (secondary N) is 1. The van der Waals surface area contributed by atoms with Crippen molar-refractivity contribution in [1.29, 1.82) is 0 Å². The highest BCUT2D eigenvalue weighted by atomic mass is 32.2. The predicted octanol–water partition coefficient (Wildman–Crippen LogP) is 1.44. The molecular formula is C13H26N2O2S. The summed E-state index contributed by atoms with van der Waals surface area (Å²) in [6.45, 7) is 6.40. The molecular weight excluding hydrogens is 248 g/mol. The molecule has 1 atom stereocenters. The summed E-state index contributed by atoms with van der Waals surface area (Å²) >= 11 is 0. The third-order valence-corrected chi connectivity index (χ3v) is 5.86. The van der Waals surface area contributed by atoms with Gasteiger partial charge in [0.25, 0.3) is 0 Å². The standard InChI is InChI=1S/C13H26N2O2S/c1-11(2)10-18(16,17)15(8-12-5-6-12)9-13-4-3-7-14-13/h11-14H,3-10H2,1-2H3. The third-order valence-electron chi connectivity index (χ3n) is 3.68. The van der Waals surface area contributed by atoms with Crippen LogP contribution in [-0.4, -0.2) is 44.2 Å². The van der Waals surface area contributed by atoms with Crippen LogP contribution >= 0.6 is 0 Å². The maximum Gasteiger partial charge on any atom is 0.214 e. The van der Waals surface area contributed by atoms with E-state index in [0.717, 1.165) is 19.5 Å². The van der Waals surface area contributed by atoms with Gasteiger partial charge in [-0.1, -0.05) is 13.8 Å². The minimum atomic E-state index is -3.07. The summed E-state index contributed by atoms with van der Waals surface area (Å²) in [5.74, 6) is 1.11. The molecule has 0 bridgehead atoms. The molecule has 4 nitrogen and oxygen atoms in total. The molecule has 106 valence electrons. The van der Waals surface area contributed by atoms with E-state index in [4.69, 9.17) is 0 Å². The van der Waals surface area contributed by atoms with Crippen LogP contribution in [0.25, 0.3) is 0 Å². The highest BCUT2D eigenvalue weighted by molar-refractivity contribution is 7.89. The van der Waals surface area contributed by atoms with E-state index in [1.165, 1.54) is 19.3 Å². The lowest BCUT2D eigenvalue weighted by atomic mass is 10.2. The van der Waals surface area contributed by atoms with Crippen molar-refractivity contribution in [3.63, 3.8) is 0 Å². The Morgan fingerprint density at radius 2 is 1.94 bits per heavy atom. The second-order valence-electron chi connectivity index (χ2n) is 6.23. The Hall–Kier alpha value is -0.130. The third kappa shape index (κ3) is 4.21. The zero-order valence-corrected chi connectivity index (χ0v) is 12.4. The molecule has 2 fully saturated rings. The summed E-state index contributed by atoms with van der Waals surface area (Å²) in [6.07, 6.45) is 4.68. The van der Waals surface area contributed by atoms with Gasteiger partial charge in [-0.2, -0.15) is 0 Å². The number of nitrogens with zero attached hydrogens (tertiary/aromatic N) is 1. The summed E-state index contributed by atoms with van der Waals surface area (Å²) in [6, 6.07) is 0.366. The Bertz CT molecular complexity index is 357. The van der Waals surface area contributed by atoms with Gasteiger partial charge in [0.2, 0.25) is 10.0 Å². The van der Waals surface area contributed by atoms with Crippen LogP contribution in [-0.2, 0) is 10.0 Å². The van der Waals surface area contributed by atoms with Crippen LogP contribution < -0.4 is 5.32 Å². The van der Waals surface area contributed by atoms with Gasteiger partial charge in [-0.05, 0) is 44.1 Å². The average molecular weight is 274 g/mol. The summed E-state index contributed by atoms with van der Waals surface area (Å²) in [4.78, 5) is 0. The molecule has 0 radical (unpaired) electrons. The fourth-order valence-corrected chi connectivity index (χ4v) is 4.47. The minimum Gasteiger partial charge on any atom is -0.313 e. The van der Waals surface area contributed by atoms with Gasteiger partial charge in [0.05, 0.1) is 5.75 Å². The van der Waals surface area contributed by atoms with Crippen LogP contribution in [0.1, 0.15) is 39.5 Å². The number of hydrogen-bond acceptors (Lipinski definition) is 3. The Balaban J connectivity index is 1.97. The predicted molar refractivity (Wildman–Crippen MR) is 73.9 cm³/mol. The molecule has 2 rings (SSSR count). The van der Waals surface area contributed by atoms with Crippen LogP contribution in [0.15, 0.2) is 0 Å². The smallest absolute Gasteiger partial charge is 0.214 e. The van der Waals surface area contributed by atoms with E-state index < -0.39 is 10.0 Å². The van der Waals surface area contributed by atoms with Gasteiger partial charge >= 0.3 is 0 Å². The van der Waals surface area contributed by atoms with E-state index in [1.54, 1.807) is 4.31 Å². The summed E-state index contributed by atoms with van der Waals surface area (Å²) in [5.41, 5.74) is 0. The SMILES string of the molecule is CC(C)CS(=O)(=O)N(CC1CC1)CC1CCCN1. The first kappa shape index (κ1) is 14.3. The zero-order valence-electron chi connectivity index (χ0n) is 11.6. The van der Waals surface area contributed by atoms with E-state index in [9.17, 15) is 8.42 Å². The van der Waals surface area contributed by atoms with Crippen molar-refractivity contribution in [2.24, 2.45) is 11.8 Å². The van der Waals surface area contributed by atoms with Gasteiger partial charge in [0.1, 0.15) is 0 Å². The second-order valence-corrected chi connectivity index (χ2v) is 8.24. The molecule has 1 heterocycles. The molecule has 18 heavy (non-hydrogen) atoms. The first-order valence-electron chi connectivity index (χ1n) is 7.18. The van der Waals surface area contributed by atoms with E-state index in [1.807, 2.05) is 13.8 Å². The number of hydrogen-bond donors (Lipinski definition) is 1. The highest BCUT2D eigenvalue weighted by Crippen LogP contribution is 2.31. The first-order chi connectivity index (χ1) is 8.47. The molecule has 0 aromatic rings. The molecule has 1 unspecified atom stereocenters. The van der Waals surface area contributed by atoms with Crippen LogP contribution in [0.4, 0.5) is 0 Å². The molecule has 0 aromatic heterocycles. The molecule has 1 N–H and O–H groups in total. The van der Waals surface area contributed by atoms with E-state index in [2.05, 4.69) is 5.32 Å². The van der Waals surface area contributed by atoms with Crippen LogP contribution in [0.3, 0.4) is 0 Å². The molecule has 1 saturated heterocycles. The van der Waals surface area contributed by atoms with Gasteiger partial charge in [-0.3, -0.25) is 0 Å². The average Bonchev–Trinajstić information content (AvgIpc) is 2.90. The van der Waals surface area contributed by atoms with Crippen LogP contribution in [0, 0.1) is 11.8 Å². The molecule has 2 aliphatic rings. The van der Waals surface area contributed by atoms with Gasteiger partial charge in [-0.25, -0.2) is 12.7 Å². The lowest BCUT2D eigenvalue weighted by Crippen LogP contribution is -2.43. The zero-order chi connectivity index (χ0) is 13.2. The number of sulfonamides is 1. The van der Waals surface area contributed by atoms with Crippen LogP contribution in [0.5, 0.6) is 0 Å². The first-order valence-corrected chi connectivity index (χ1v) is 8.79. The van der Waals surface area contributed by atoms with E-state index in [0.29, 0.717) is 18.5 Å². The summed E-state index contributed by atoms with van der Waals surface area (Å²) in [7, 11) is -3.07. The molecule has 0 amide bonds. The van der Waals surface area contributed by atoms with Crippen molar-refractivity contribution in [3.8, 4) is 0 Å². The lowest BCUT2D eigenvalue weighted by molar-refractivity contribution is 0.356. The maximum atomic E-state index is 12.4. The second kappa shape index (κ2) is 5.88. The monoisotopic (exact) mass is 274 g/mol. The van der Waals surface area contributed by atoms with Gasteiger partial charge in [0.15, 0.2) is 0 Å². The Morgan fingerprint density at radius 3 is 2.44 bits per heavy atom.